The van der Waals surface area contributed by atoms with E-state index >= 15 is 0 Å². The molecule has 0 unspecified atom stereocenters. The molecule has 0 bridgehead atoms. The van der Waals surface area contributed by atoms with Gasteiger partial charge < -0.3 is 9.64 Å². The third-order valence-corrected chi connectivity index (χ3v) is 5.74. The second-order valence-corrected chi connectivity index (χ2v) is 7.92. The van der Waals surface area contributed by atoms with Crippen LogP contribution in [-0.4, -0.2) is 40.3 Å². The summed E-state index contributed by atoms with van der Waals surface area (Å²) in [7, 11) is 2.00. The van der Waals surface area contributed by atoms with E-state index in [4.69, 9.17) is 4.74 Å². The van der Waals surface area contributed by atoms with Crippen molar-refractivity contribution in [3.8, 4) is 0 Å². The lowest BCUT2D eigenvalue weighted by atomic mass is 9.94. The largest absolute Gasteiger partial charge is 0.380 e. The zero-order valence-electron chi connectivity index (χ0n) is 15.2. The Balaban J connectivity index is 1.42. The Morgan fingerprint density at radius 3 is 2.96 bits per heavy atom. The van der Waals surface area contributed by atoms with E-state index < -0.39 is 0 Å². The van der Waals surface area contributed by atoms with Crippen LogP contribution in [0.15, 0.2) is 17.8 Å². The van der Waals surface area contributed by atoms with Crippen LogP contribution < -0.4 is 0 Å². The molecule has 1 saturated carbocycles. The summed E-state index contributed by atoms with van der Waals surface area (Å²) in [5, 5.41) is 4.43. The van der Waals surface area contributed by atoms with Crippen molar-refractivity contribution in [2.24, 2.45) is 13.0 Å². The van der Waals surface area contributed by atoms with Gasteiger partial charge in [0.2, 0.25) is 5.91 Å². The molecule has 4 rings (SSSR count). The van der Waals surface area contributed by atoms with E-state index in [1.165, 1.54) is 42.5 Å². The standard InChI is InChI=1S/C20H29N3O2/c1-22-20-17(10-21-22)11-23(12-18(20)14-25-13-16-7-8-16)19(24)9-15-5-3-2-4-6-15/h5,10,16,18H,2-4,6-9,11-14H2,1H3/t18-/m0/s1. The van der Waals surface area contributed by atoms with Crippen LogP contribution in [0.25, 0.3) is 0 Å². The molecule has 1 fully saturated rings. The van der Waals surface area contributed by atoms with E-state index in [1.54, 1.807) is 0 Å². The Kier molecular flexibility index (Phi) is 4.93. The van der Waals surface area contributed by atoms with E-state index in [-0.39, 0.29) is 11.8 Å². The summed E-state index contributed by atoms with van der Waals surface area (Å²) in [5.41, 5.74) is 3.76. The Morgan fingerprint density at radius 1 is 1.32 bits per heavy atom. The number of hydrogen-bond donors (Lipinski definition) is 0. The minimum Gasteiger partial charge on any atom is -0.380 e. The number of hydrogen-bond acceptors (Lipinski definition) is 3. The molecule has 2 aliphatic carbocycles. The van der Waals surface area contributed by atoms with Crippen molar-refractivity contribution in [3.63, 3.8) is 0 Å². The molecule has 0 spiro atoms. The second-order valence-electron chi connectivity index (χ2n) is 7.92. The fourth-order valence-corrected chi connectivity index (χ4v) is 4.12. The number of aryl methyl sites for hydroxylation is 1. The first-order valence-corrected chi connectivity index (χ1v) is 9.75. The number of rotatable bonds is 6. The molecule has 0 N–H and O–H groups in total. The number of amides is 1. The number of carbonyl (C=O) groups excluding carboxylic acids is 1. The average Bonchev–Trinajstić information content (AvgIpc) is 3.37. The number of allylic oxidation sites excluding steroid dienone is 1. The lowest BCUT2D eigenvalue weighted by molar-refractivity contribution is -0.132. The summed E-state index contributed by atoms with van der Waals surface area (Å²) in [5.74, 6) is 1.26. The summed E-state index contributed by atoms with van der Waals surface area (Å²) >= 11 is 0. The molecular weight excluding hydrogens is 314 g/mol. The summed E-state index contributed by atoms with van der Waals surface area (Å²) in [6.07, 6.45) is 12.1. The highest BCUT2D eigenvalue weighted by atomic mass is 16.5. The van der Waals surface area contributed by atoms with Gasteiger partial charge in [0.25, 0.3) is 0 Å². The monoisotopic (exact) mass is 343 g/mol. The summed E-state index contributed by atoms with van der Waals surface area (Å²) in [4.78, 5) is 14.9. The summed E-state index contributed by atoms with van der Waals surface area (Å²) < 4.78 is 7.93. The predicted octanol–water partition coefficient (Wildman–Crippen LogP) is 3.16. The van der Waals surface area contributed by atoms with Crippen LogP contribution in [0.5, 0.6) is 0 Å². The van der Waals surface area contributed by atoms with Gasteiger partial charge in [0, 0.05) is 44.6 Å². The lowest BCUT2D eigenvalue weighted by Gasteiger charge is -2.33. The van der Waals surface area contributed by atoms with Crippen molar-refractivity contribution in [1.29, 1.82) is 0 Å². The smallest absolute Gasteiger partial charge is 0.226 e. The van der Waals surface area contributed by atoms with Crippen LogP contribution in [0, 0.1) is 5.92 Å². The van der Waals surface area contributed by atoms with E-state index in [0.29, 0.717) is 19.6 Å². The Hall–Kier alpha value is -1.62. The van der Waals surface area contributed by atoms with Crippen LogP contribution in [-0.2, 0) is 23.1 Å². The minimum absolute atomic E-state index is 0.235. The molecule has 5 heteroatoms. The third kappa shape index (κ3) is 3.97. The molecule has 136 valence electrons. The van der Waals surface area contributed by atoms with Crippen LogP contribution >= 0.6 is 0 Å². The molecule has 5 nitrogen and oxygen atoms in total. The van der Waals surface area contributed by atoms with Gasteiger partial charge in [0.15, 0.2) is 0 Å². The number of nitrogens with zero attached hydrogens (tertiary/aromatic N) is 3. The van der Waals surface area contributed by atoms with Gasteiger partial charge in [0.1, 0.15) is 0 Å². The van der Waals surface area contributed by atoms with Crippen molar-refractivity contribution in [3.05, 3.63) is 29.1 Å². The molecule has 0 aromatic carbocycles. The molecule has 1 aromatic heterocycles. The van der Waals surface area contributed by atoms with Crippen molar-refractivity contribution >= 4 is 5.91 Å². The maximum Gasteiger partial charge on any atom is 0.226 e. The zero-order valence-corrected chi connectivity index (χ0v) is 15.2. The van der Waals surface area contributed by atoms with Crippen molar-refractivity contribution < 1.29 is 9.53 Å². The van der Waals surface area contributed by atoms with Crippen LogP contribution in [0.3, 0.4) is 0 Å². The van der Waals surface area contributed by atoms with Gasteiger partial charge in [-0.05, 0) is 44.4 Å². The van der Waals surface area contributed by atoms with Gasteiger partial charge in [0.05, 0.1) is 18.5 Å². The first-order valence-electron chi connectivity index (χ1n) is 9.75. The molecule has 1 atom stereocenters. The second kappa shape index (κ2) is 7.32. The summed E-state index contributed by atoms with van der Waals surface area (Å²) in [6, 6.07) is 0. The topological polar surface area (TPSA) is 47.4 Å². The molecule has 1 amide bonds. The average molecular weight is 343 g/mol. The van der Waals surface area contributed by atoms with Crippen molar-refractivity contribution in [2.45, 2.75) is 57.4 Å². The Bertz CT molecular complexity index is 660. The van der Waals surface area contributed by atoms with E-state index in [9.17, 15) is 4.79 Å². The normalized spacial score (nSPS) is 23.3. The zero-order chi connectivity index (χ0) is 17.2. The number of aromatic nitrogens is 2. The van der Waals surface area contributed by atoms with Crippen LogP contribution in [0.2, 0.25) is 0 Å². The minimum atomic E-state index is 0.235. The number of fused-ring (bicyclic) bond motifs is 1. The maximum absolute atomic E-state index is 12.8. The van der Waals surface area contributed by atoms with Gasteiger partial charge in [-0.25, -0.2) is 0 Å². The van der Waals surface area contributed by atoms with Gasteiger partial charge >= 0.3 is 0 Å². The highest BCUT2D eigenvalue weighted by Gasteiger charge is 2.32. The van der Waals surface area contributed by atoms with E-state index in [0.717, 1.165) is 31.9 Å². The van der Waals surface area contributed by atoms with Crippen LogP contribution in [0.1, 0.15) is 62.1 Å². The maximum atomic E-state index is 12.8. The van der Waals surface area contributed by atoms with E-state index in [2.05, 4.69) is 11.2 Å². The highest BCUT2D eigenvalue weighted by molar-refractivity contribution is 5.79. The van der Waals surface area contributed by atoms with Crippen LogP contribution in [0.4, 0.5) is 0 Å². The lowest BCUT2D eigenvalue weighted by Crippen LogP contribution is -2.40. The van der Waals surface area contributed by atoms with Gasteiger partial charge in [-0.3, -0.25) is 9.48 Å². The van der Waals surface area contributed by atoms with Crippen molar-refractivity contribution in [2.75, 3.05) is 19.8 Å². The van der Waals surface area contributed by atoms with E-state index in [1.807, 2.05) is 22.8 Å². The van der Waals surface area contributed by atoms with Crippen molar-refractivity contribution in [1.82, 2.24) is 14.7 Å². The molecule has 1 aliphatic heterocycles. The Labute approximate surface area is 150 Å². The number of ether oxygens (including phenoxy) is 1. The van der Waals surface area contributed by atoms with Gasteiger partial charge in [-0.1, -0.05) is 11.6 Å². The first kappa shape index (κ1) is 16.8. The molecule has 0 saturated heterocycles. The first-order chi connectivity index (χ1) is 12.2. The molecule has 2 heterocycles. The third-order valence-electron chi connectivity index (χ3n) is 5.74. The molecule has 25 heavy (non-hydrogen) atoms. The SMILES string of the molecule is Cn1ncc2c1[C@H](COCC1CC1)CN(C(=O)CC1=CCCCC1)C2. The molecular formula is C20H29N3O2. The van der Waals surface area contributed by atoms with Gasteiger partial charge in [-0.2, -0.15) is 5.10 Å². The molecule has 3 aliphatic rings. The fourth-order valence-electron chi connectivity index (χ4n) is 4.12. The summed E-state index contributed by atoms with van der Waals surface area (Å²) in [6.45, 7) is 3.00. The van der Waals surface area contributed by atoms with Gasteiger partial charge in [-0.15, -0.1) is 0 Å². The quantitative estimate of drug-likeness (QED) is 0.746. The predicted molar refractivity (Wildman–Crippen MR) is 96.1 cm³/mol. The molecule has 0 radical (unpaired) electrons. The molecule has 1 aromatic rings. The fraction of sp³-hybridized carbons (Fsp3) is 0.700. The highest BCUT2D eigenvalue weighted by Crippen LogP contribution is 2.32. The number of carbonyl (C=O) groups is 1. The Morgan fingerprint density at radius 2 is 2.20 bits per heavy atom.